The third kappa shape index (κ3) is 4.97. The Kier molecular flexibility index (Phi) is 6.55. The molecule has 0 saturated heterocycles. The molecular formula is C6H8BKO3. The van der Waals surface area contributed by atoms with Crippen molar-refractivity contribution in [1.29, 1.82) is 0 Å². The summed E-state index contributed by atoms with van der Waals surface area (Å²) in [4.78, 5) is 0. The summed E-state index contributed by atoms with van der Waals surface area (Å²) in [5.41, 5.74) is 0. The van der Waals surface area contributed by atoms with Crippen LogP contribution in [0.2, 0.25) is 0 Å². The minimum Gasteiger partial charge on any atom is -1.00 e. The van der Waals surface area contributed by atoms with Gasteiger partial charge < -0.3 is 16.1 Å². The monoisotopic (exact) mass is 178 g/mol. The van der Waals surface area contributed by atoms with Gasteiger partial charge in [0.05, 0.1) is 0 Å². The smallest absolute Gasteiger partial charge is 1.00 e. The second kappa shape index (κ2) is 6.19. The molecule has 2 N–H and O–H groups in total. The topological polar surface area (TPSA) is 49.7 Å². The Labute approximate surface area is 109 Å². The second-order valence-electron chi connectivity index (χ2n) is 1.76. The molecule has 0 bridgehead atoms. The molecule has 0 unspecified atom stereocenters. The van der Waals surface area contributed by atoms with E-state index in [1.807, 2.05) is 6.07 Å². The molecule has 0 radical (unpaired) electrons. The van der Waals surface area contributed by atoms with Gasteiger partial charge in [-0.2, -0.15) is 0 Å². The molecule has 11 heavy (non-hydrogen) atoms. The van der Waals surface area contributed by atoms with Gasteiger partial charge in [0.25, 0.3) is 0 Å². The summed E-state index contributed by atoms with van der Waals surface area (Å²) in [5.74, 6) is 0.442. The van der Waals surface area contributed by atoms with Crippen LogP contribution in [0.15, 0.2) is 30.3 Å². The predicted octanol–water partition coefficient (Wildman–Crippen LogP) is -2.85. The third-order valence-corrected chi connectivity index (χ3v) is 0.985. The first-order valence-electron chi connectivity index (χ1n) is 2.87. The van der Waals surface area contributed by atoms with Gasteiger partial charge >= 0.3 is 58.7 Å². The maximum Gasteiger partial charge on any atom is 1.00 e. The zero-order chi connectivity index (χ0) is 7.40. The fraction of sp³-hybridized carbons (Fsp3) is 0. The molecule has 3 nitrogen and oxygen atoms in total. The van der Waals surface area contributed by atoms with Gasteiger partial charge in [-0.25, -0.2) is 0 Å². The van der Waals surface area contributed by atoms with Gasteiger partial charge in [-0.05, 0) is 12.1 Å². The van der Waals surface area contributed by atoms with Gasteiger partial charge in [0, 0.05) is 0 Å². The van der Waals surface area contributed by atoms with Crippen molar-refractivity contribution in [2.75, 3.05) is 0 Å². The van der Waals surface area contributed by atoms with Gasteiger partial charge in [-0.1, -0.05) is 18.2 Å². The molecule has 0 spiro atoms. The van der Waals surface area contributed by atoms with Crippen molar-refractivity contribution in [3.63, 3.8) is 0 Å². The van der Waals surface area contributed by atoms with Crippen molar-refractivity contribution in [1.82, 2.24) is 0 Å². The van der Waals surface area contributed by atoms with E-state index >= 15 is 0 Å². The molecule has 54 valence electrons. The normalized spacial score (nSPS) is 8.18. The predicted molar refractivity (Wildman–Crippen MR) is 38.4 cm³/mol. The molecule has 0 aliphatic carbocycles. The Morgan fingerprint density at radius 2 is 1.73 bits per heavy atom. The Morgan fingerprint density at radius 1 is 1.18 bits per heavy atom. The molecule has 0 aliphatic rings. The molecule has 0 saturated carbocycles. The molecule has 5 heteroatoms. The molecule has 0 fully saturated rings. The van der Waals surface area contributed by atoms with E-state index in [1.165, 1.54) is 0 Å². The number of para-hydroxylation sites is 1. The van der Waals surface area contributed by atoms with E-state index in [1.54, 1.807) is 24.3 Å². The van der Waals surface area contributed by atoms with Gasteiger partial charge in [0.15, 0.2) is 0 Å². The van der Waals surface area contributed by atoms with Gasteiger partial charge in [0.2, 0.25) is 0 Å². The van der Waals surface area contributed by atoms with Crippen molar-refractivity contribution < 1.29 is 67.5 Å². The SMILES string of the molecule is OB(O)Oc1ccccc1.[H-].[K+]. The standard InChI is InChI=1S/C6H7BO3.K.H/c8-7(9)10-6-4-2-1-3-5-6;;/h1-5,8-9H;;/q;+1;-1. The molecule has 0 heterocycles. The van der Waals surface area contributed by atoms with Crippen LogP contribution in [-0.4, -0.2) is 17.4 Å². The average Bonchev–Trinajstić information content (AvgIpc) is 1.88. The van der Waals surface area contributed by atoms with Crippen LogP contribution in [-0.2, 0) is 0 Å². The van der Waals surface area contributed by atoms with Crippen LogP contribution in [0.25, 0.3) is 0 Å². The van der Waals surface area contributed by atoms with E-state index in [0.717, 1.165) is 0 Å². The fourth-order valence-electron chi connectivity index (χ4n) is 0.621. The summed E-state index contributed by atoms with van der Waals surface area (Å²) >= 11 is 0. The summed E-state index contributed by atoms with van der Waals surface area (Å²) in [6.45, 7) is 0. The molecule has 0 atom stereocenters. The number of rotatable bonds is 2. The Bertz CT molecular complexity index is 197. The van der Waals surface area contributed by atoms with E-state index in [9.17, 15) is 0 Å². The van der Waals surface area contributed by atoms with E-state index in [-0.39, 0.29) is 52.8 Å². The minimum absolute atomic E-state index is 0. The maximum absolute atomic E-state index is 8.34. The van der Waals surface area contributed by atoms with E-state index in [4.69, 9.17) is 10.0 Å². The van der Waals surface area contributed by atoms with Crippen molar-refractivity contribution in [3.05, 3.63) is 30.3 Å². The van der Waals surface area contributed by atoms with Crippen molar-refractivity contribution in [2.45, 2.75) is 0 Å². The van der Waals surface area contributed by atoms with E-state index in [0.29, 0.717) is 5.75 Å². The van der Waals surface area contributed by atoms with Crippen LogP contribution in [0.4, 0.5) is 0 Å². The average molecular weight is 178 g/mol. The van der Waals surface area contributed by atoms with Crippen molar-refractivity contribution >= 4 is 7.32 Å². The first-order valence-corrected chi connectivity index (χ1v) is 2.87. The Hall–Kier alpha value is 0.641. The summed E-state index contributed by atoms with van der Waals surface area (Å²) < 4.78 is 4.53. The summed E-state index contributed by atoms with van der Waals surface area (Å²) in [5, 5.41) is 16.7. The van der Waals surface area contributed by atoms with Crippen molar-refractivity contribution in [2.24, 2.45) is 0 Å². The molecule has 0 aliphatic heterocycles. The zero-order valence-electron chi connectivity index (χ0n) is 7.27. The molecule has 0 amide bonds. The van der Waals surface area contributed by atoms with Gasteiger partial charge in [0.1, 0.15) is 5.75 Å². The summed E-state index contributed by atoms with van der Waals surface area (Å²) in [7, 11) is -1.73. The summed E-state index contributed by atoms with van der Waals surface area (Å²) in [6, 6.07) is 8.59. The van der Waals surface area contributed by atoms with Gasteiger partial charge in [-0.15, -0.1) is 0 Å². The largest absolute Gasteiger partial charge is 1.00 e. The second-order valence-corrected chi connectivity index (χ2v) is 1.76. The van der Waals surface area contributed by atoms with Crippen LogP contribution < -0.4 is 56.0 Å². The molecule has 1 aromatic rings. The quantitative estimate of drug-likeness (QED) is 0.479. The van der Waals surface area contributed by atoms with Gasteiger partial charge in [-0.3, -0.25) is 0 Å². The zero-order valence-corrected chi connectivity index (χ0v) is 9.39. The van der Waals surface area contributed by atoms with Crippen LogP contribution in [0.5, 0.6) is 5.75 Å². The Balaban J connectivity index is 0. The fourth-order valence-corrected chi connectivity index (χ4v) is 0.621. The molecule has 1 aromatic carbocycles. The number of hydrogen-bond donors (Lipinski definition) is 2. The first kappa shape index (κ1) is 11.6. The van der Waals surface area contributed by atoms with E-state index < -0.39 is 7.32 Å². The first-order chi connectivity index (χ1) is 4.79. The van der Waals surface area contributed by atoms with Crippen LogP contribution in [0, 0.1) is 0 Å². The minimum atomic E-state index is -1.73. The van der Waals surface area contributed by atoms with Crippen LogP contribution >= 0.6 is 0 Å². The molecular weight excluding hydrogens is 170 g/mol. The van der Waals surface area contributed by atoms with Crippen molar-refractivity contribution in [3.8, 4) is 5.75 Å². The molecule has 1 rings (SSSR count). The Morgan fingerprint density at radius 3 is 2.18 bits per heavy atom. The van der Waals surface area contributed by atoms with Crippen LogP contribution in [0.3, 0.4) is 0 Å². The number of hydrogen-bond acceptors (Lipinski definition) is 3. The van der Waals surface area contributed by atoms with Crippen LogP contribution in [0.1, 0.15) is 1.43 Å². The number of benzene rings is 1. The maximum atomic E-state index is 8.34. The third-order valence-electron chi connectivity index (χ3n) is 0.985. The summed E-state index contributed by atoms with van der Waals surface area (Å²) in [6.07, 6.45) is 0. The molecule has 0 aromatic heterocycles. The van der Waals surface area contributed by atoms with E-state index in [2.05, 4.69) is 4.65 Å².